The Bertz CT molecular complexity index is 816. The quantitative estimate of drug-likeness (QED) is 0.704. The predicted molar refractivity (Wildman–Crippen MR) is 106 cm³/mol. The molecule has 0 spiro atoms. The summed E-state index contributed by atoms with van der Waals surface area (Å²) in [7, 11) is 0. The minimum absolute atomic E-state index is 0.0329. The van der Waals surface area contributed by atoms with Crippen LogP contribution in [0.3, 0.4) is 0 Å². The van der Waals surface area contributed by atoms with Gasteiger partial charge in [-0.2, -0.15) is 4.98 Å². The van der Waals surface area contributed by atoms with E-state index in [0.29, 0.717) is 24.6 Å². The van der Waals surface area contributed by atoms with Gasteiger partial charge in [-0.3, -0.25) is 4.79 Å². The maximum Gasteiger partial charge on any atom is 0.224 e. The summed E-state index contributed by atoms with van der Waals surface area (Å²) in [5, 5.41) is 6.63. The first-order valence-corrected chi connectivity index (χ1v) is 9.29. The lowest BCUT2D eigenvalue weighted by atomic mass is 9.94. The van der Waals surface area contributed by atoms with Gasteiger partial charge >= 0.3 is 0 Å². The van der Waals surface area contributed by atoms with Crippen molar-refractivity contribution in [1.82, 2.24) is 9.97 Å². The Kier molecular flexibility index (Phi) is 6.16. The van der Waals surface area contributed by atoms with E-state index in [1.165, 1.54) is 6.08 Å². The molecule has 142 valence electrons. The summed E-state index contributed by atoms with van der Waals surface area (Å²) in [6.07, 6.45) is 5.43. The molecular formula is C21H25FN4O. The number of nitrogens with one attached hydrogen (secondary N) is 2. The van der Waals surface area contributed by atoms with Crippen molar-refractivity contribution in [2.75, 3.05) is 10.6 Å². The fraction of sp³-hybridized carbons (Fsp3) is 0.381. The number of para-hydroxylation sites is 1. The van der Waals surface area contributed by atoms with Crippen molar-refractivity contribution in [3.05, 3.63) is 54.2 Å². The number of rotatable bonds is 7. The summed E-state index contributed by atoms with van der Waals surface area (Å²) in [6, 6.07) is 7.84. The number of anilines is 3. The van der Waals surface area contributed by atoms with Crippen molar-refractivity contribution in [2.45, 2.75) is 51.2 Å². The van der Waals surface area contributed by atoms with Crippen LogP contribution >= 0.6 is 0 Å². The molecule has 1 aliphatic rings. The lowest BCUT2D eigenvalue weighted by Gasteiger charge is -2.25. The highest BCUT2D eigenvalue weighted by atomic mass is 19.1. The molecular weight excluding hydrogens is 343 g/mol. The van der Waals surface area contributed by atoms with Crippen LogP contribution in [0.2, 0.25) is 0 Å². The smallest absolute Gasteiger partial charge is 0.224 e. The third-order valence-electron chi connectivity index (χ3n) is 4.82. The Morgan fingerprint density at radius 2 is 2.04 bits per heavy atom. The van der Waals surface area contributed by atoms with E-state index in [1.807, 2.05) is 31.2 Å². The molecule has 5 nitrogen and oxygen atoms in total. The van der Waals surface area contributed by atoms with Gasteiger partial charge in [0, 0.05) is 29.9 Å². The Balaban J connectivity index is 1.75. The first kappa shape index (κ1) is 19.0. The number of carbonyl (C=O) groups excluding carboxylic acids is 1. The second kappa shape index (κ2) is 8.75. The molecule has 0 aliphatic heterocycles. The van der Waals surface area contributed by atoms with E-state index < -0.39 is 6.17 Å². The van der Waals surface area contributed by atoms with Gasteiger partial charge in [0.2, 0.25) is 5.95 Å². The minimum Gasteiger partial charge on any atom is -0.351 e. The number of allylic oxidation sites excluding steroid dienone is 1. The molecule has 1 aliphatic carbocycles. The van der Waals surface area contributed by atoms with Gasteiger partial charge in [0.05, 0.1) is 0 Å². The molecule has 27 heavy (non-hydrogen) atoms. The topological polar surface area (TPSA) is 66.9 Å². The van der Waals surface area contributed by atoms with Crippen molar-refractivity contribution in [1.29, 1.82) is 0 Å². The van der Waals surface area contributed by atoms with E-state index in [0.717, 1.165) is 29.7 Å². The van der Waals surface area contributed by atoms with E-state index in [2.05, 4.69) is 27.2 Å². The summed E-state index contributed by atoms with van der Waals surface area (Å²) in [5.74, 6) is 1.18. The summed E-state index contributed by atoms with van der Waals surface area (Å²) in [4.78, 5) is 20.7. The van der Waals surface area contributed by atoms with E-state index >= 15 is 0 Å². The van der Waals surface area contributed by atoms with Gasteiger partial charge in [0.25, 0.3) is 0 Å². The number of halogens is 1. The number of nitrogens with zero attached hydrogens (tertiary/aromatic N) is 2. The zero-order chi connectivity index (χ0) is 19.2. The number of ketones is 1. The SMILES string of the molecule is C=CC(=O)Cc1ccccc1Nc1nc(NC2CCC(F)CC2)ncc1C. The van der Waals surface area contributed by atoms with Gasteiger partial charge < -0.3 is 10.6 Å². The van der Waals surface area contributed by atoms with Crippen LogP contribution in [-0.4, -0.2) is 28.0 Å². The Labute approximate surface area is 159 Å². The maximum atomic E-state index is 13.3. The molecule has 1 aromatic carbocycles. The van der Waals surface area contributed by atoms with Gasteiger partial charge in [-0.15, -0.1) is 0 Å². The van der Waals surface area contributed by atoms with Crippen LogP contribution in [0.25, 0.3) is 0 Å². The fourth-order valence-electron chi connectivity index (χ4n) is 3.20. The van der Waals surface area contributed by atoms with Crippen LogP contribution in [-0.2, 0) is 11.2 Å². The molecule has 0 radical (unpaired) electrons. The van der Waals surface area contributed by atoms with Crippen LogP contribution in [0.5, 0.6) is 0 Å². The second-order valence-electron chi connectivity index (χ2n) is 6.95. The Hall–Kier alpha value is -2.76. The number of benzene rings is 1. The normalized spacial score (nSPS) is 19.3. The van der Waals surface area contributed by atoms with E-state index in [4.69, 9.17) is 0 Å². The lowest BCUT2D eigenvalue weighted by molar-refractivity contribution is -0.114. The number of alkyl halides is 1. The first-order valence-electron chi connectivity index (χ1n) is 9.29. The molecule has 2 aromatic rings. The average Bonchev–Trinajstić information content (AvgIpc) is 2.67. The van der Waals surface area contributed by atoms with Crippen molar-refractivity contribution in [2.24, 2.45) is 0 Å². The third kappa shape index (κ3) is 5.12. The molecule has 1 fully saturated rings. The molecule has 0 saturated heterocycles. The van der Waals surface area contributed by atoms with Crippen LogP contribution in [0.4, 0.5) is 21.8 Å². The first-order chi connectivity index (χ1) is 13.0. The van der Waals surface area contributed by atoms with Crippen molar-refractivity contribution >= 4 is 23.2 Å². The van der Waals surface area contributed by atoms with Crippen molar-refractivity contribution in [3.63, 3.8) is 0 Å². The van der Waals surface area contributed by atoms with Crippen molar-refractivity contribution < 1.29 is 9.18 Å². The van der Waals surface area contributed by atoms with Gasteiger partial charge in [-0.05, 0) is 50.3 Å². The number of hydrogen-bond donors (Lipinski definition) is 2. The predicted octanol–water partition coefficient (Wildman–Crippen LogP) is 4.52. The number of aromatic nitrogens is 2. The largest absolute Gasteiger partial charge is 0.351 e. The van der Waals surface area contributed by atoms with Crippen molar-refractivity contribution in [3.8, 4) is 0 Å². The lowest BCUT2D eigenvalue weighted by Crippen LogP contribution is -2.27. The summed E-state index contributed by atoms with van der Waals surface area (Å²) in [6.45, 7) is 5.46. The highest BCUT2D eigenvalue weighted by Crippen LogP contribution is 2.26. The Morgan fingerprint density at radius 3 is 2.78 bits per heavy atom. The van der Waals surface area contributed by atoms with Gasteiger partial charge in [0.1, 0.15) is 12.0 Å². The van der Waals surface area contributed by atoms with E-state index in [1.54, 1.807) is 6.20 Å². The molecule has 0 amide bonds. The highest BCUT2D eigenvalue weighted by Gasteiger charge is 2.21. The maximum absolute atomic E-state index is 13.3. The number of aryl methyl sites for hydroxylation is 1. The summed E-state index contributed by atoms with van der Waals surface area (Å²) >= 11 is 0. The van der Waals surface area contributed by atoms with E-state index in [9.17, 15) is 9.18 Å². The molecule has 2 N–H and O–H groups in total. The molecule has 0 atom stereocenters. The molecule has 0 bridgehead atoms. The highest BCUT2D eigenvalue weighted by molar-refractivity contribution is 5.92. The van der Waals surface area contributed by atoms with Gasteiger partial charge in [-0.1, -0.05) is 24.8 Å². The van der Waals surface area contributed by atoms with Crippen LogP contribution in [0.15, 0.2) is 43.1 Å². The molecule has 1 aromatic heterocycles. The molecule has 0 unspecified atom stereocenters. The second-order valence-corrected chi connectivity index (χ2v) is 6.95. The third-order valence-corrected chi connectivity index (χ3v) is 4.82. The molecule has 6 heteroatoms. The molecule has 1 saturated carbocycles. The molecule has 1 heterocycles. The van der Waals surface area contributed by atoms with Crippen LogP contribution < -0.4 is 10.6 Å². The van der Waals surface area contributed by atoms with Gasteiger partial charge in [-0.25, -0.2) is 9.37 Å². The van der Waals surface area contributed by atoms with Gasteiger partial charge in [0.15, 0.2) is 5.78 Å². The van der Waals surface area contributed by atoms with Crippen LogP contribution in [0.1, 0.15) is 36.8 Å². The zero-order valence-electron chi connectivity index (χ0n) is 15.5. The van der Waals surface area contributed by atoms with Crippen LogP contribution in [0, 0.1) is 6.92 Å². The summed E-state index contributed by atoms with van der Waals surface area (Å²) < 4.78 is 13.3. The monoisotopic (exact) mass is 368 g/mol. The molecule has 3 rings (SSSR count). The average molecular weight is 368 g/mol. The zero-order valence-corrected chi connectivity index (χ0v) is 15.5. The Morgan fingerprint density at radius 1 is 1.30 bits per heavy atom. The summed E-state index contributed by atoms with van der Waals surface area (Å²) in [5.41, 5.74) is 2.62. The number of hydrogen-bond acceptors (Lipinski definition) is 5. The number of carbonyl (C=O) groups is 1. The fourth-order valence-corrected chi connectivity index (χ4v) is 3.20. The van der Waals surface area contributed by atoms with E-state index in [-0.39, 0.29) is 18.2 Å². The standard InChI is InChI=1S/C21H25FN4O/c1-3-18(27)12-15-6-4-5-7-19(15)25-20-14(2)13-23-21(26-20)24-17-10-8-16(22)9-11-17/h3-7,13,16-17H,1,8-12H2,2H3,(H2,23,24,25,26). The minimum atomic E-state index is -0.686.